The first-order valence-electron chi connectivity index (χ1n) is 9.76. The van der Waals surface area contributed by atoms with Crippen LogP contribution in [0, 0.1) is 0 Å². The number of benzene rings is 2. The molecule has 0 unspecified atom stereocenters. The normalized spacial score (nSPS) is 11.1. The highest BCUT2D eigenvalue weighted by molar-refractivity contribution is 7.80. The summed E-state index contributed by atoms with van der Waals surface area (Å²) in [4.78, 5) is 2.26. The summed E-state index contributed by atoms with van der Waals surface area (Å²) >= 11 is 5.78. The van der Waals surface area contributed by atoms with E-state index in [1.807, 2.05) is 0 Å². The van der Waals surface area contributed by atoms with E-state index in [9.17, 15) is 0 Å². The van der Waals surface area contributed by atoms with Gasteiger partial charge in [-0.15, -0.1) is 0 Å². The molecule has 0 fully saturated rings. The van der Waals surface area contributed by atoms with Crippen molar-refractivity contribution >= 4 is 33.9 Å². The Kier molecular flexibility index (Phi) is 6.17. The van der Waals surface area contributed by atoms with Crippen molar-refractivity contribution in [2.24, 2.45) is 0 Å². The molecule has 3 rings (SSSR count). The molecule has 1 N–H and O–H groups in total. The van der Waals surface area contributed by atoms with Crippen LogP contribution in [0.15, 0.2) is 54.7 Å². The SMILES string of the molecule is CCc1cccc(NC(=S)N(Cc2cn(CC)c3ccccc23)C(C)C)c1. The number of para-hydroxylation sites is 1. The molecular weight excluding hydrogens is 350 g/mol. The molecule has 3 aromatic rings. The third-order valence-electron chi connectivity index (χ3n) is 5.02. The Labute approximate surface area is 168 Å². The maximum atomic E-state index is 5.78. The van der Waals surface area contributed by atoms with Gasteiger partial charge >= 0.3 is 0 Å². The second-order valence-electron chi connectivity index (χ2n) is 7.16. The van der Waals surface area contributed by atoms with E-state index in [2.05, 4.69) is 97.2 Å². The highest BCUT2D eigenvalue weighted by Crippen LogP contribution is 2.24. The second kappa shape index (κ2) is 8.57. The zero-order chi connectivity index (χ0) is 19.4. The summed E-state index contributed by atoms with van der Waals surface area (Å²) in [5.74, 6) is 0. The van der Waals surface area contributed by atoms with Gasteiger partial charge in [0.15, 0.2) is 5.11 Å². The first kappa shape index (κ1) is 19.4. The van der Waals surface area contributed by atoms with Crippen molar-refractivity contribution in [3.05, 3.63) is 65.9 Å². The van der Waals surface area contributed by atoms with Crippen molar-refractivity contribution in [2.45, 2.75) is 53.2 Å². The minimum absolute atomic E-state index is 0.308. The molecular formula is C23H29N3S. The lowest BCUT2D eigenvalue weighted by Crippen LogP contribution is -2.39. The summed E-state index contributed by atoms with van der Waals surface area (Å²) in [7, 11) is 0. The van der Waals surface area contributed by atoms with Crippen LogP contribution in [0.2, 0.25) is 0 Å². The van der Waals surface area contributed by atoms with Crippen LogP contribution >= 0.6 is 12.2 Å². The number of anilines is 1. The van der Waals surface area contributed by atoms with Crippen molar-refractivity contribution in [1.82, 2.24) is 9.47 Å². The lowest BCUT2D eigenvalue weighted by molar-refractivity contribution is 0.349. The van der Waals surface area contributed by atoms with Gasteiger partial charge in [0.1, 0.15) is 0 Å². The van der Waals surface area contributed by atoms with Gasteiger partial charge in [0, 0.05) is 41.9 Å². The van der Waals surface area contributed by atoms with E-state index in [-0.39, 0.29) is 0 Å². The monoisotopic (exact) mass is 379 g/mol. The number of aromatic nitrogens is 1. The van der Waals surface area contributed by atoms with Gasteiger partial charge in [-0.25, -0.2) is 0 Å². The summed E-state index contributed by atoms with van der Waals surface area (Å²) in [6.07, 6.45) is 3.28. The van der Waals surface area contributed by atoms with Gasteiger partial charge in [0.2, 0.25) is 0 Å². The summed E-state index contributed by atoms with van der Waals surface area (Å²) in [5.41, 5.74) is 4.96. The maximum absolute atomic E-state index is 5.78. The summed E-state index contributed by atoms with van der Waals surface area (Å²) < 4.78 is 2.31. The molecule has 0 aliphatic heterocycles. The Bertz CT molecular complexity index is 926. The molecule has 2 aromatic carbocycles. The zero-order valence-electron chi connectivity index (χ0n) is 16.7. The highest BCUT2D eigenvalue weighted by atomic mass is 32.1. The molecule has 27 heavy (non-hydrogen) atoms. The van der Waals surface area contributed by atoms with Gasteiger partial charge in [-0.1, -0.05) is 37.3 Å². The van der Waals surface area contributed by atoms with Crippen LogP contribution in [0.1, 0.15) is 38.8 Å². The van der Waals surface area contributed by atoms with Crippen molar-refractivity contribution in [1.29, 1.82) is 0 Å². The topological polar surface area (TPSA) is 20.2 Å². The standard InChI is InChI=1S/C23H29N3S/c1-5-18-10-9-11-20(14-18)24-23(27)26(17(3)4)16-19-15-25(6-2)22-13-8-7-12-21(19)22/h7-15,17H,5-6,16H2,1-4H3,(H,24,27). The fourth-order valence-electron chi connectivity index (χ4n) is 3.45. The van der Waals surface area contributed by atoms with Gasteiger partial charge < -0.3 is 14.8 Å². The zero-order valence-corrected chi connectivity index (χ0v) is 17.5. The largest absolute Gasteiger partial charge is 0.347 e. The number of rotatable bonds is 6. The molecule has 0 saturated heterocycles. The number of hydrogen-bond donors (Lipinski definition) is 1. The van der Waals surface area contributed by atoms with E-state index in [0.29, 0.717) is 6.04 Å². The van der Waals surface area contributed by atoms with Crippen molar-refractivity contribution in [3.63, 3.8) is 0 Å². The average Bonchev–Trinajstić information content (AvgIpc) is 3.03. The van der Waals surface area contributed by atoms with Gasteiger partial charge in [-0.05, 0) is 68.7 Å². The Morgan fingerprint density at radius 3 is 2.59 bits per heavy atom. The summed E-state index contributed by atoms with van der Waals surface area (Å²) in [6.45, 7) is 10.5. The molecule has 3 nitrogen and oxygen atoms in total. The van der Waals surface area contributed by atoms with E-state index in [0.717, 1.165) is 30.3 Å². The van der Waals surface area contributed by atoms with E-state index >= 15 is 0 Å². The molecule has 4 heteroatoms. The fraction of sp³-hybridized carbons (Fsp3) is 0.348. The predicted molar refractivity (Wildman–Crippen MR) is 120 cm³/mol. The third kappa shape index (κ3) is 4.33. The van der Waals surface area contributed by atoms with Crippen molar-refractivity contribution < 1.29 is 0 Å². The van der Waals surface area contributed by atoms with Crippen LogP contribution in [-0.2, 0) is 19.5 Å². The Balaban J connectivity index is 1.85. The highest BCUT2D eigenvalue weighted by Gasteiger charge is 2.17. The predicted octanol–water partition coefficient (Wildman–Crippen LogP) is 5.83. The van der Waals surface area contributed by atoms with Gasteiger partial charge in [0.05, 0.1) is 0 Å². The maximum Gasteiger partial charge on any atom is 0.173 e. The quantitative estimate of drug-likeness (QED) is 0.544. The van der Waals surface area contributed by atoms with Crippen LogP contribution in [0.25, 0.3) is 10.9 Å². The molecule has 0 saturated carbocycles. The summed E-state index contributed by atoms with van der Waals surface area (Å²) in [5, 5.41) is 5.51. The molecule has 0 bridgehead atoms. The van der Waals surface area contributed by atoms with Gasteiger partial charge in [0.25, 0.3) is 0 Å². The second-order valence-corrected chi connectivity index (χ2v) is 7.55. The molecule has 0 amide bonds. The van der Waals surface area contributed by atoms with E-state index in [4.69, 9.17) is 12.2 Å². The lowest BCUT2D eigenvalue weighted by Gasteiger charge is -2.29. The number of nitrogens with one attached hydrogen (secondary N) is 1. The van der Waals surface area contributed by atoms with E-state index in [1.54, 1.807) is 0 Å². The van der Waals surface area contributed by atoms with Crippen LogP contribution in [-0.4, -0.2) is 20.6 Å². The minimum Gasteiger partial charge on any atom is -0.347 e. The van der Waals surface area contributed by atoms with Gasteiger partial charge in [-0.2, -0.15) is 0 Å². The Morgan fingerprint density at radius 1 is 1.11 bits per heavy atom. The van der Waals surface area contributed by atoms with Gasteiger partial charge in [-0.3, -0.25) is 0 Å². The number of hydrogen-bond acceptors (Lipinski definition) is 1. The van der Waals surface area contributed by atoms with Crippen molar-refractivity contribution in [3.8, 4) is 0 Å². The molecule has 1 heterocycles. The fourth-order valence-corrected chi connectivity index (χ4v) is 3.84. The number of thiocarbonyl (C=S) groups is 1. The minimum atomic E-state index is 0.308. The molecule has 142 valence electrons. The third-order valence-corrected chi connectivity index (χ3v) is 5.36. The van der Waals surface area contributed by atoms with Crippen LogP contribution < -0.4 is 5.32 Å². The first-order valence-corrected chi connectivity index (χ1v) is 10.2. The van der Waals surface area contributed by atoms with E-state index < -0.39 is 0 Å². The van der Waals surface area contributed by atoms with Crippen molar-refractivity contribution in [2.75, 3.05) is 5.32 Å². The molecule has 0 aliphatic carbocycles. The van der Waals surface area contributed by atoms with Crippen LogP contribution in [0.3, 0.4) is 0 Å². The molecule has 1 aromatic heterocycles. The number of aryl methyl sites for hydroxylation is 2. The molecule has 0 aliphatic rings. The number of nitrogens with zero attached hydrogens (tertiary/aromatic N) is 2. The van der Waals surface area contributed by atoms with E-state index in [1.165, 1.54) is 22.0 Å². The smallest absolute Gasteiger partial charge is 0.173 e. The Hall–Kier alpha value is -2.33. The van der Waals surface area contributed by atoms with Crippen LogP contribution in [0.4, 0.5) is 5.69 Å². The molecule has 0 spiro atoms. The number of fused-ring (bicyclic) bond motifs is 1. The summed E-state index contributed by atoms with van der Waals surface area (Å²) in [6, 6.07) is 17.4. The van der Waals surface area contributed by atoms with Crippen LogP contribution in [0.5, 0.6) is 0 Å². The molecule has 0 radical (unpaired) electrons. The Morgan fingerprint density at radius 2 is 1.89 bits per heavy atom. The molecule has 0 atom stereocenters. The average molecular weight is 380 g/mol. The lowest BCUT2D eigenvalue weighted by atomic mass is 10.1. The first-order chi connectivity index (χ1) is 13.0.